The Morgan fingerprint density at radius 3 is 2.70 bits per heavy atom. The van der Waals surface area contributed by atoms with Crippen LogP contribution in [-0.2, 0) is 11.2 Å². The average Bonchev–Trinajstić information content (AvgIpc) is 2.73. The minimum atomic E-state index is -0.130. The first-order valence-electron chi connectivity index (χ1n) is 9.08. The van der Waals surface area contributed by atoms with Gasteiger partial charge in [0.05, 0.1) is 7.11 Å². The first kappa shape index (κ1) is 15.2. The molecule has 3 aliphatic rings. The van der Waals surface area contributed by atoms with Crippen LogP contribution in [0.25, 0.3) is 0 Å². The molecule has 0 amide bonds. The first-order chi connectivity index (χ1) is 10.9. The Kier molecular flexibility index (Phi) is 3.21. The fourth-order valence-corrected chi connectivity index (χ4v) is 6.08. The van der Waals surface area contributed by atoms with Gasteiger partial charge in [0, 0.05) is 10.8 Å². The minimum Gasteiger partial charge on any atom is -0.497 e. The van der Waals surface area contributed by atoms with Crippen LogP contribution < -0.4 is 4.74 Å². The number of carbonyl (C=O) groups is 1. The third-order valence-corrected chi connectivity index (χ3v) is 7.19. The normalized spacial score (nSPS) is 37.7. The van der Waals surface area contributed by atoms with Crippen molar-refractivity contribution in [3.63, 3.8) is 0 Å². The van der Waals surface area contributed by atoms with Gasteiger partial charge in [-0.1, -0.05) is 26.8 Å². The predicted octanol–water partition coefficient (Wildman–Crippen LogP) is 4.76. The Morgan fingerprint density at radius 2 is 1.96 bits per heavy atom. The Bertz CT molecular complexity index is 660. The van der Waals surface area contributed by atoms with Crippen LogP contribution in [0.1, 0.15) is 63.5 Å². The van der Waals surface area contributed by atoms with Gasteiger partial charge in [0.2, 0.25) is 0 Å². The van der Waals surface area contributed by atoms with Crippen molar-refractivity contribution in [3.8, 4) is 5.75 Å². The molecule has 0 bridgehead atoms. The van der Waals surface area contributed by atoms with E-state index in [1.54, 1.807) is 7.11 Å². The molecule has 0 radical (unpaired) electrons. The van der Waals surface area contributed by atoms with Crippen LogP contribution in [0.5, 0.6) is 5.75 Å². The molecule has 4 rings (SSSR count). The van der Waals surface area contributed by atoms with Gasteiger partial charge in [-0.2, -0.15) is 0 Å². The topological polar surface area (TPSA) is 26.3 Å². The van der Waals surface area contributed by atoms with Gasteiger partial charge in [0.25, 0.3) is 0 Å². The third kappa shape index (κ3) is 2.03. The largest absolute Gasteiger partial charge is 0.497 e. The summed E-state index contributed by atoms with van der Waals surface area (Å²) >= 11 is 0. The number of ketones is 1. The summed E-state index contributed by atoms with van der Waals surface area (Å²) in [6, 6.07) is 6.62. The molecule has 0 aromatic heterocycles. The Morgan fingerprint density at radius 1 is 1.17 bits per heavy atom. The molecule has 0 saturated heterocycles. The summed E-state index contributed by atoms with van der Waals surface area (Å²) in [5.41, 5.74) is 2.79. The van der Waals surface area contributed by atoms with Crippen LogP contribution in [-0.4, -0.2) is 12.9 Å². The van der Waals surface area contributed by atoms with E-state index in [1.807, 2.05) is 0 Å². The van der Waals surface area contributed by atoms with Crippen LogP contribution in [0.4, 0.5) is 0 Å². The van der Waals surface area contributed by atoms with E-state index in [4.69, 9.17) is 4.74 Å². The van der Waals surface area contributed by atoms with Crippen molar-refractivity contribution >= 4 is 5.78 Å². The lowest BCUT2D eigenvalue weighted by Crippen LogP contribution is -2.43. The molecule has 124 valence electrons. The molecule has 0 aliphatic heterocycles. The highest BCUT2D eigenvalue weighted by Crippen LogP contribution is 2.63. The molecule has 0 N–H and O–H groups in total. The zero-order valence-corrected chi connectivity index (χ0v) is 14.8. The van der Waals surface area contributed by atoms with Crippen molar-refractivity contribution in [1.29, 1.82) is 0 Å². The molecule has 3 aliphatic carbocycles. The van der Waals surface area contributed by atoms with Crippen molar-refractivity contribution in [2.45, 2.75) is 58.8 Å². The van der Waals surface area contributed by atoms with Gasteiger partial charge in [0.1, 0.15) is 11.5 Å². The summed E-state index contributed by atoms with van der Waals surface area (Å²) < 4.78 is 5.40. The number of rotatable bonds is 1. The quantitative estimate of drug-likeness (QED) is 0.747. The van der Waals surface area contributed by atoms with Gasteiger partial charge in [-0.15, -0.1) is 0 Å². The summed E-state index contributed by atoms with van der Waals surface area (Å²) in [5, 5.41) is 0. The number of ether oxygens (including phenoxy) is 1. The molecule has 1 aromatic carbocycles. The molecule has 0 spiro atoms. The number of methoxy groups -OCH3 is 1. The Balaban J connectivity index is 1.71. The molecule has 2 heteroatoms. The number of hydrogen-bond acceptors (Lipinski definition) is 2. The SMILES string of the molecule is COc1ccc2c(c1)CC[C@H]1[C@H]3CC(C)(C)C(=O)[C@@]3(C)CC[C@@H]21. The van der Waals surface area contributed by atoms with Crippen LogP contribution in [0.3, 0.4) is 0 Å². The summed E-state index contributed by atoms with van der Waals surface area (Å²) in [5.74, 6) is 3.39. The van der Waals surface area contributed by atoms with Gasteiger partial charge >= 0.3 is 0 Å². The maximum absolute atomic E-state index is 13.0. The van der Waals surface area contributed by atoms with Gasteiger partial charge < -0.3 is 4.74 Å². The van der Waals surface area contributed by atoms with E-state index in [0.717, 1.165) is 25.0 Å². The number of aryl methyl sites for hydroxylation is 1. The average molecular weight is 312 g/mol. The standard InChI is InChI=1S/C21H28O2/c1-20(2)12-18-17-7-5-13-11-14(23-4)6-8-15(13)16(17)9-10-21(18,3)19(20)22/h6,8,11,16-18H,5,7,9-10,12H2,1-4H3/t16-,17+,18+,21-/m0/s1. The van der Waals surface area contributed by atoms with Crippen molar-refractivity contribution < 1.29 is 9.53 Å². The van der Waals surface area contributed by atoms with E-state index in [1.165, 1.54) is 24.0 Å². The monoisotopic (exact) mass is 312 g/mol. The maximum Gasteiger partial charge on any atom is 0.144 e. The third-order valence-electron chi connectivity index (χ3n) is 7.19. The fraction of sp³-hybridized carbons (Fsp3) is 0.667. The molecular formula is C21H28O2. The fourth-order valence-electron chi connectivity index (χ4n) is 6.08. The highest BCUT2D eigenvalue weighted by Gasteiger charge is 2.60. The lowest BCUT2D eigenvalue weighted by Gasteiger charge is -2.48. The van der Waals surface area contributed by atoms with Gasteiger partial charge in [-0.3, -0.25) is 4.79 Å². The summed E-state index contributed by atoms with van der Waals surface area (Å²) in [4.78, 5) is 13.0. The van der Waals surface area contributed by atoms with Gasteiger partial charge in [-0.25, -0.2) is 0 Å². The predicted molar refractivity (Wildman–Crippen MR) is 91.8 cm³/mol. The number of carbonyl (C=O) groups excluding carboxylic acids is 1. The number of benzene rings is 1. The van der Waals surface area contributed by atoms with Crippen LogP contribution in [0.15, 0.2) is 18.2 Å². The number of hydrogen-bond donors (Lipinski definition) is 0. The van der Waals surface area contributed by atoms with E-state index in [9.17, 15) is 4.79 Å². The van der Waals surface area contributed by atoms with E-state index < -0.39 is 0 Å². The van der Waals surface area contributed by atoms with E-state index in [-0.39, 0.29) is 10.8 Å². The smallest absolute Gasteiger partial charge is 0.144 e. The van der Waals surface area contributed by atoms with Crippen LogP contribution in [0, 0.1) is 22.7 Å². The summed E-state index contributed by atoms with van der Waals surface area (Å²) in [6.07, 6.45) is 5.67. The second kappa shape index (κ2) is 4.84. The maximum atomic E-state index is 13.0. The molecule has 4 atom stereocenters. The Labute approximate surface area is 139 Å². The van der Waals surface area contributed by atoms with Crippen molar-refractivity contribution in [1.82, 2.24) is 0 Å². The minimum absolute atomic E-state index is 0.0748. The molecule has 2 fully saturated rings. The molecule has 0 unspecified atom stereocenters. The lowest BCUT2D eigenvalue weighted by atomic mass is 9.55. The molecule has 1 aromatic rings. The molecule has 2 nitrogen and oxygen atoms in total. The second-order valence-electron chi connectivity index (χ2n) is 8.85. The van der Waals surface area contributed by atoms with Crippen molar-refractivity contribution in [3.05, 3.63) is 29.3 Å². The Hall–Kier alpha value is -1.31. The highest BCUT2D eigenvalue weighted by molar-refractivity contribution is 5.92. The van der Waals surface area contributed by atoms with Crippen LogP contribution in [0.2, 0.25) is 0 Å². The molecule has 23 heavy (non-hydrogen) atoms. The highest BCUT2D eigenvalue weighted by atomic mass is 16.5. The number of fused-ring (bicyclic) bond motifs is 5. The molecule has 2 saturated carbocycles. The summed E-state index contributed by atoms with van der Waals surface area (Å²) in [7, 11) is 1.74. The van der Waals surface area contributed by atoms with E-state index in [2.05, 4.69) is 39.0 Å². The van der Waals surface area contributed by atoms with Gasteiger partial charge in [0.15, 0.2) is 0 Å². The van der Waals surface area contributed by atoms with E-state index in [0.29, 0.717) is 23.5 Å². The van der Waals surface area contributed by atoms with Crippen molar-refractivity contribution in [2.75, 3.05) is 7.11 Å². The van der Waals surface area contributed by atoms with E-state index >= 15 is 0 Å². The second-order valence-corrected chi connectivity index (χ2v) is 8.85. The molecule has 0 heterocycles. The zero-order chi connectivity index (χ0) is 16.4. The first-order valence-corrected chi connectivity index (χ1v) is 9.08. The lowest BCUT2D eigenvalue weighted by molar-refractivity contribution is -0.134. The summed E-state index contributed by atoms with van der Waals surface area (Å²) in [6.45, 7) is 6.58. The van der Waals surface area contributed by atoms with Gasteiger partial charge in [-0.05, 0) is 73.1 Å². The zero-order valence-electron chi connectivity index (χ0n) is 14.8. The molecular weight excluding hydrogens is 284 g/mol. The van der Waals surface area contributed by atoms with Crippen molar-refractivity contribution in [2.24, 2.45) is 22.7 Å². The number of Topliss-reactive ketones (excluding diaryl/α,β-unsaturated/α-hetero) is 1. The van der Waals surface area contributed by atoms with Crippen LogP contribution >= 0.6 is 0 Å².